The van der Waals surface area contributed by atoms with Gasteiger partial charge in [0.2, 0.25) is 15.9 Å². The fraction of sp³-hybridized carbons (Fsp3) is 0.421. The molecule has 3 rings (SSSR count). The highest BCUT2D eigenvalue weighted by molar-refractivity contribution is 7.91. The maximum absolute atomic E-state index is 12.5. The first kappa shape index (κ1) is 20.0. The first-order valence-corrected chi connectivity index (χ1v) is 11.4. The number of hydrogen-bond donors (Lipinski definition) is 1. The number of carbonyl (C=O) groups excluding carboxylic acids is 1. The molecule has 1 fully saturated rings. The van der Waals surface area contributed by atoms with Gasteiger partial charge in [-0.25, -0.2) is 13.1 Å². The van der Waals surface area contributed by atoms with Crippen LogP contribution in [0.1, 0.15) is 18.4 Å². The molecule has 1 amide bonds. The van der Waals surface area contributed by atoms with Crippen molar-refractivity contribution in [3.8, 4) is 0 Å². The molecule has 8 heteroatoms. The maximum Gasteiger partial charge on any atom is 0.250 e. The molecule has 0 saturated carbocycles. The molecule has 0 radical (unpaired) electrons. The van der Waals surface area contributed by atoms with E-state index in [9.17, 15) is 13.2 Å². The van der Waals surface area contributed by atoms with Crippen LogP contribution in [0.15, 0.2) is 52.1 Å². The van der Waals surface area contributed by atoms with Gasteiger partial charge in [-0.3, -0.25) is 9.69 Å². The third-order valence-electron chi connectivity index (χ3n) is 4.72. The molecule has 0 bridgehead atoms. The Morgan fingerprint density at radius 3 is 2.52 bits per heavy atom. The van der Waals surface area contributed by atoms with Crippen LogP contribution in [0, 0.1) is 0 Å². The Hall–Kier alpha value is -1.74. The molecule has 0 unspecified atom stereocenters. The van der Waals surface area contributed by atoms with E-state index < -0.39 is 10.0 Å². The molecule has 1 aliphatic rings. The van der Waals surface area contributed by atoms with E-state index in [4.69, 9.17) is 0 Å². The van der Waals surface area contributed by atoms with E-state index >= 15 is 0 Å². The van der Waals surface area contributed by atoms with Crippen LogP contribution in [0.3, 0.4) is 0 Å². The molecule has 1 aromatic carbocycles. The minimum atomic E-state index is -3.43. The van der Waals surface area contributed by atoms with Gasteiger partial charge in [0.25, 0.3) is 0 Å². The Kier molecular flexibility index (Phi) is 6.64. The van der Waals surface area contributed by atoms with Gasteiger partial charge in [-0.2, -0.15) is 0 Å². The topological polar surface area (TPSA) is 69.7 Å². The fourth-order valence-corrected chi connectivity index (χ4v) is 5.47. The van der Waals surface area contributed by atoms with E-state index in [1.165, 1.54) is 11.3 Å². The van der Waals surface area contributed by atoms with Crippen LogP contribution in [0.5, 0.6) is 0 Å². The van der Waals surface area contributed by atoms with Crippen molar-refractivity contribution in [2.24, 2.45) is 0 Å². The lowest BCUT2D eigenvalue weighted by Crippen LogP contribution is -2.47. The average molecular weight is 408 g/mol. The number of hydrogen-bond acceptors (Lipinski definition) is 5. The number of piperidine rings is 1. The molecular weight excluding hydrogens is 382 g/mol. The van der Waals surface area contributed by atoms with Crippen LogP contribution in [-0.2, 0) is 21.4 Å². The van der Waals surface area contributed by atoms with Crippen molar-refractivity contribution in [1.29, 1.82) is 0 Å². The molecule has 2 aromatic rings. The van der Waals surface area contributed by atoms with E-state index in [1.54, 1.807) is 22.4 Å². The van der Waals surface area contributed by atoms with Crippen molar-refractivity contribution >= 4 is 27.3 Å². The number of thiophene rings is 1. The second-order valence-electron chi connectivity index (χ2n) is 6.84. The molecule has 0 atom stereocenters. The predicted molar refractivity (Wildman–Crippen MR) is 107 cm³/mol. The predicted octanol–water partition coefficient (Wildman–Crippen LogP) is 2.15. The Labute approximate surface area is 164 Å². The molecule has 27 heavy (non-hydrogen) atoms. The van der Waals surface area contributed by atoms with E-state index in [0.717, 1.165) is 5.56 Å². The molecule has 1 aromatic heterocycles. The number of amides is 1. The van der Waals surface area contributed by atoms with Crippen molar-refractivity contribution in [3.63, 3.8) is 0 Å². The average Bonchev–Trinajstić information content (AvgIpc) is 3.20. The number of rotatable bonds is 7. The number of sulfonamides is 1. The summed E-state index contributed by atoms with van der Waals surface area (Å²) in [6.07, 6.45) is 1.42. The molecule has 1 N–H and O–H groups in total. The Balaban J connectivity index is 1.44. The molecule has 0 spiro atoms. The van der Waals surface area contributed by atoms with Gasteiger partial charge in [0.15, 0.2) is 0 Å². The van der Waals surface area contributed by atoms with Gasteiger partial charge in [-0.05, 0) is 29.9 Å². The monoisotopic (exact) mass is 407 g/mol. The van der Waals surface area contributed by atoms with Crippen molar-refractivity contribution in [3.05, 3.63) is 53.4 Å². The van der Waals surface area contributed by atoms with Gasteiger partial charge in [-0.15, -0.1) is 11.3 Å². The van der Waals surface area contributed by atoms with Gasteiger partial charge in [0, 0.05) is 32.7 Å². The van der Waals surface area contributed by atoms with Crippen molar-refractivity contribution in [1.82, 2.24) is 14.5 Å². The number of nitrogens with zero attached hydrogens (tertiary/aromatic N) is 2. The number of likely N-dealkylation sites (tertiary alicyclic amines) is 1. The highest BCUT2D eigenvalue weighted by Gasteiger charge is 2.26. The largest absolute Gasteiger partial charge is 0.340 e. The standard InChI is InChI=1S/C19H25N3O3S2/c1-21(14-16-6-3-2-4-7-16)18(23)15-22-11-9-17(10-12-22)20-27(24,25)19-8-5-13-26-19/h2-8,13,17,20H,9-12,14-15H2,1H3. The summed E-state index contributed by atoms with van der Waals surface area (Å²) in [5.74, 6) is 0.0801. The first-order valence-electron chi connectivity index (χ1n) is 9.00. The third kappa shape index (κ3) is 5.62. The van der Waals surface area contributed by atoms with Crippen LogP contribution >= 0.6 is 11.3 Å². The van der Waals surface area contributed by atoms with Gasteiger partial charge in [0.05, 0.1) is 6.54 Å². The zero-order chi connectivity index (χ0) is 19.3. The second kappa shape index (κ2) is 8.97. The van der Waals surface area contributed by atoms with Crippen LogP contribution in [-0.4, -0.2) is 56.8 Å². The zero-order valence-electron chi connectivity index (χ0n) is 15.4. The van der Waals surface area contributed by atoms with E-state index in [2.05, 4.69) is 9.62 Å². The molecule has 0 aliphatic carbocycles. The Morgan fingerprint density at radius 2 is 1.89 bits per heavy atom. The van der Waals surface area contributed by atoms with Crippen LogP contribution in [0.4, 0.5) is 0 Å². The summed E-state index contributed by atoms with van der Waals surface area (Å²) >= 11 is 1.22. The third-order valence-corrected chi connectivity index (χ3v) is 7.63. The Morgan fingerprint density at radius 1 is 1.19 bits per heavy atom. The zero-order valence-corrected chi connectivity index (χ0v) is 17.0. The van der Waals surface area contributed by atoms with E-state index in [-0.39, 0.29) is 11.9 Å². The minimum absolute atomic E-state index is 0.0782. The lowest BCUT2D eigenvalue weighted by molar-refractivity contribution is -0.131. The van der Waals surface area contributed by atoms with Crippen molar-refractivity contribution in [2.45, 2.75) is 29.6 Å². The van der Waals surface area contributed by atoms with Crippen molar-refractivity contribution in [2.75, 3.05) is 26.7 Å². The molecular formula is C19H25N3O3S2. The SMILES string of the molecule is CN(Cc1ccccc1)C(=O)CN1CCC(NS(=O)(=O)c2cccs2)CC1. The van der Waals surface area contributed by atoms with Crippen LogP contribution in [0.2, 0.25) is 0 Å². The van der Waals surface area contributed by atoms with Gasteiger partial charge >= 0.3 is 0 Å². The van der Waals surface area contributed by atoms with Crippen molar-refractivity contribution < 1.29 is 13.2 Å². The minimum Gasteiger partial charge on any atom is -0.340 e. The summed E-state index contributed by atoms with van der Waals surface area (Å²) in [6, 6.07) is 13.2. The summed E-state index contributed by atoms with van der Waals surface area (Å²) in [6.45, 7) is 2.38. The first-order chi connectivity index (χ1) is 12.9. The summed E-state index contributed by atoms with van der Waals surface area (Å²) in [5.41, 5.74) is 1.11. The van der Waals surface area contributed by atoms with Crippen LogP contribution < -0.4 is 4.72 Å². The normalized spacial score (nSPS) is 16.3. The molecule has 1 aliphatic heterocycles. The fourth-order valence-electron chi connectivity index (χ4n) is 3.16. The molecule has 146 valence electrons. The number of nitrogens with one attached hydrogen (secondary N) is 1. The Bertz CT molecular complexity index is 830. The second-order valence-corrected chi connectivity index (χ2v) is 9.73. The van der Waals surface area contributed by atoms with Gasteiger partial charge < -0.3 is 4.90 Å². The number of carbonyl (C=O) groups is 1. The number of benzene rings is 1. The number of likely N-dealkylation sites (N-methyl/N-ethyl adjacent to an activating group) is 1. The van der Waals surface area contributed by atoms with Gasteiger partial charge in [-0.1, -0.05) is 36.4 Å². The quantitative estimate of drug-likeness (QED) is 0.764. The molecule has 6 nitrogen and oxygen atoms in total. The summed E-state index contributed by atoms with van der Waals surface area (Å²) < 4.78 is 27.8. The lowest BCUT2D eigenvalue weighted by Gasteiger charge is -2.32. The maximum atomic E-state index is 12.5. The summed E-state index contributed by atoms with van der Waals surface area (Å²) in [4.78, 5) is 16.3. The smallest absolute Gasteiger partial charge is 0.250 e. The molecule has 1 saturated heterocycles. The van der Waals surface area contributed by atoms with E-state index in [0.29, 0.717) is 43.2 Å². The highest BCUT2D eigenvalue weighted by atomic mass is 32.2. The molecule has 2 heterocycles. The lowest BCUT2D eigenvalue weighted by atomic mass is 10.1. The van der Waals surface area contributed by atoms with Gasteiger partial charge in [0.1, 0.15) is 4.21 Å². The van der Waals surface area contributed by atoms with E-state index in [1.807, 2.05) is 37.4 Å². The summed E-state index contributed by atoms with van der Waals surface area (Å²) in [7, 11) is -1.61. The summed E-state index contributed by atoms with van der Waals surface area (Å²) in [5, 5.41) is 1.76. The highest BCUT2D eigenvalue weighted by Crippen LogP contribution is 2.18. The van der Waals surface area contributed by atoms with Crippen LogP contribution in [0.25, 0.3) is 0 Å².